The lowest BCUT2D eigenvalue weighted by Gasteiger charge is -2.28. The van der Waals surface area contributed by atoms with Crippen molar-refractivity contribution in [3.05, 3.63) is 12.7 Å². The van der Waals surface area contributed by atoms with Gasteiger partial charge in [0, 0.05) is 19.1 Å². The summed E-state index contributed by atoms with van der Waals surface area (Å²) in [5, 5.41) is 3.20. The van der Waals surface area contributed by atoms with Crippen LogP contribution in [0.15, 0.2) is 12.7 Å². The molecule has 0 amide bonds. The Balaban J connectivity index is 0.000000364. The largest absolute Gasteiger partial charge is 0.385 e. The van der Waals surface area contributed by atoms with Crippen molar-refractivity contribution in [3.63, 3.8) is 0 Å². The Morgan fingerprint density at radius 3 is 2.21 bits per heavy atom. The van der Waals surface area contributed by atoms with Crippen molar-refractivity contribution in [2.75, 3.05) is 26.8 Å². The fourth-order valence-electron chi connectivity index (χ4n) is 1.26. The van der Waals surface area contributed by atoms with Gasteiger partial charge in [0.05, 0.1) is 0 Å². The molecule has 1 aliphatic rings. The molecule has 1 fully saturated rings. The number of methoxy groups -OCH3 is 1. The lowest BCUT2D eigenvalue weighted by molar-refractivity contribution is -0.115. The van der Waals surface area contributed by atoms with E-state index in [1.54, 1.807) is 13.2 Å². The Labute approximate surface area is 86.5 Å². The smallest absolute Gasteiger partial charge is 0.129 e. The Kier molecular flexibility index (Phi) is 7.34. The first kappa shape index (κ1) is 13.3. The Morgan fingerprint density at radius 1 is 1.50 bits per heavy atom. The summed E-state index contributed by atoms with van der Waals surface area (Å²) in [6.07, 6.45) is 4.61. The zero-order chi connectivity index (χ0) is 10.9. The molecule has 0 aromatic heterocycles. The van der Waals surface area contributed by atoms with Gasteiger partial charge >= 0.3 is 0 Å². The number of nitrogens with one attached hydrogen (secondary N) is 1. The number of carbonyl (C=O) groups is 1. The summed E-state index contributed by atoms with van der Waals surface area (Å²) in [5.41, 5.74) is -0.217. The minimum atomic E-state index is -0.217. The number of aldehydes is 1. The van der Waals surface area contributed by atoms with Crippen molar-refractivity contribution < 1.29 is 9.53 Å². The van der Waals surface area contributed by atoms with E-state index in [9.17, 15) is 4.79 Å². The van der Waals surface area contributed by atoms with Crippen molar-refractivity contribution >= 4 is 6.29 Å². The molecule has 1 N–H and O–H groups in total. The summed E-state index contributed by atoms with van der Waals surface area (Å²) in [6.45, 7) is 8.32. The fraction of sp³-hybridized carbons (Fsp3) is 0.727. The summed E-state index contributed by atoms with van der Waals surface area (Å²) in [4.78, 5) is 10.6. The second-order valence-electron chi connectivity index (χ2n) is 3.38. The second-order valence-corrected chi connectivity index (χ2v) is 3.38. The lowest BCUT2D eigenvalue weighted by Crippen LogP contribution is -2.36. The highest BCUT2D eigenvalue weighted by molar-refractivity contribution is 5.62. The van der Waals surface area contributed by atoms with E-state index in [4.69, 9.17) is 0 Å². The van der Waals surface area contributed by atoms with Gasteiger partial charge in [-0.05, 0) is 32.9 Å². The van der Waals surface area contributed by atoms with Crippen molar-refractivity contribution in [3.8, 4) is 0 Å². The molecule has 14 heavy (non-hydrogen) atoms. The highest BCUT2D eigenvalue weighted by atomic mass is 16.5. The van der Waals surface area contributed by atoms with E-state index in [0.29, 0.717) is 0 Å². The number of rotatable bonds is 3. The van der Waals surface area contributed by atoms with Crippen LogP contribution in [0.3, 0.4) is 0 Å². The van der Waals surface area contributed by atoms with Crippen LogP contribution in [-0.4, -0.2) is 33.1 Å². The monoisotopic (exact) mass is 199 g/mol. The summed E-state index contributed by atoms with van der Waals surface area (Å²) in [6, 6.07) is 0. The van der Waals surface area contributed by atoms with E-state index in [2.05, 4.69) is 16.6 Å². The third-order valence-corrected chi connectivity index (χ3v) is 2.46. The van der Waals surface area contributed by atoms with Crippen molar-refractivity contribution in [1.82, 2.24) is 5.32 Å². The maximum Gasteiger partial charge on any atom is 0.129 e. The van der Waals surface area contributed by atoms with Crippen molar-refractivity contribution in [2.24, 2.45) is 5.41 Å². The zero-order valence-electron chi connectivity index (χ0n) is 9.21. The van der Waals surface area contributed by atoms with Gasteiger partial charge < -0.3 is 14.8 Å². The average Bonchev–Trinajstić information content (AvgIpc) is 2.30. The molecule has 0 radical (unpaired) electrons. The zero-order valence-corrected chi connectivity index (χ0v) is 9.21. The number of hydrogen-bond acceptors (Lipinski definition) is 3. The van der Waals surface area contributed by atoms with E-state index < -0.39 is 0 Å². The number of carbonyl (C=O) groups excluding carboxylic acids is 1. The fourth-order valence-corrected chi connectivity index (χ4v) is 1.26. The van der Waals surface area contributed by atoms with Crippen LogP contribution < -0.4 is 5.32 Å². The van der Waals surface area contributed by atoms with E-state index in [0.717, 1.165) is 38.8 Å². The molecule has 0 aromatic rings. The summed E-state index contributed by atoms with van der Waals surface area (Å²) < 4.78 is 4.54. The molecule has 1 aliphatic heterocycles. The molecule has 1 rings (SSSR count). The maximum absolute atomic E-state index is 10.6. The Morgan fingerprint density at radius 2 is 2.00 bits per heavy atom. The normalized spacial score (nSPS) is 19.0. The number of piperidine rings is 1. The number of ether oxygens (including phenoxy) is 1. The van der Waals surface area contributed by atoms with Gasteiger partial charge in [-0.15, -0.1) is 6.58 Å². The first-order chi connectivity index (χ1) is 6.74. The van der Waals surface area contributed by atoms with Crippen LogP contribution in [0.4, 0.5) is 0 Å². The van der Waals surface area contributed by atoms with Gasteiger partial charge in [-0.1, -0.05) is 6.08 Å². The molecule has 0 unspecified atom stereocenters. The van der Waals surface area contributed by atoms with E-state index >= 15 is 0 Å². The molecule has 82 valence electrons. The van der Waals surface area contributed by atoms with Gasteiger partial charge in [0.2, 0.25) is 0 Å². The van der Waals surface area contributed by atoms with Gasteiger partial charge in [0.25, 0.3) is 0 Å². The van der Waals surface area contributed by atoms with Gasteiger partial charge in [0.15, 0.2) is 0 Å². The van der Waals surface area contributed by atoms with Crippen LogP contribution in [0.5, 0.6) is 0 Å². The molecule has 0 aliphatic carbocycles. The highest BCUT2D eigenvalue weighted by Gasteiger charge is 2.27. The van der Waals surface area contributed by atoms with Crippen LogP contribution >= 0.6 is 0 Å². The Bertz CT molecular complexity index is 151. The quantitative estimate of drug-likeness (QED) is 0.551. The van der Waals surface area contributed by atoms with E-state index in [1.807, 2.05) is 6.92 Å². The average molecular weight is 199 g/mol. The van der Waals surface area contributed by atoms with Gasteiger partial charge in [-0.2, -0.15) is 0 Å². The first-order valence-corrected chi connectivity index (χ1v) is 5.04. The number of hydrogen-bond donors (Lipinski definition) is 1. The van der Waals surface area contributed by atoms with Crippen LogP contribution in [0.25, 0.3) is 0 Å². The third-order valence-electron chi connectivity index (χ3n) is 2.46. The molecule has 0 spiro atoms. The predicted octanol–water partition coefficient (Wildman–Crippen LogP) is 1.39. The van der Waals surface area contributed by atoms with Crippen molar-refractivity contribution in [2.45, 2.75) is 19.8 Å². The van der Waals surface area contributed by atoms with Crippen LogP contribution in [-0.2, 0) is 9.53 Å². The Hall–Kier alpha value is -0.670. The van der Waals surface area contributed by atoms with Gasteiger partial charge in [-0.3, -0.25) is 0 Å². The minimum absolute atomic E-state index is 0.217. The number of allylic oxidation sites excluding steroid dienone is 1. The van der Waals surface area contributed by atoms with Crippen LogP contribution in [0, 0.1) is 5.41 Å². The predicted molar refractivity (Wildman–Crippen MR) is 58.3 cm³/mol. The van der Waals surface area contributed by atoms with E-state index in [-0.39, 0.29) is 5.41 Å². The first-order valence-electron chi connectivity index (χ1n) is 5.04. The summed E-state index contributed by atoms with van der Waals surface area (Å²) >= 11 is 0. The summed E-state index contributed by atoms with van der Waals surface area (Å²) in [5.74, 6) is 0. The molecule has 0 aromatic carbocycles. The SMILES string of the molecule is C=CC1(C=O)CCNCC1.CCOC. The molecule has 3 heteroatoms. The van der Waals surface area contributed by atoms with Gasteiger partial charge in [0.1, 0.15) is 6.29 Å². The molecule has 0 atom stereocenters. The van der Waals surface area contributed by atoms with Crippen molar-refractivity contribution in [1.29, 1.82) is 0 Å². The molecule has 1 heterocycles. The summed E-state index contributed by atoms with van der Waals surface area (Å²) in [7, 11) is 1.68. The van der Waals surface area contributed by atoms with Crippen LogP contribution in [0.1, 0.15) is 19.8 Å². The van der Waals surface area contributed by atoms with E-state index in [1.165, 1.54) is 0 Å². The molecule has 3 nitrogen and oxygen atoms in total. The second kappa shape index (κ2) is 7.71. The molecule has 1 saturated heterocycles. The maximum atomic E-state index is 10.6. The molecule has 0 bridgehead atoms. The lowest BCUT2D eigenvalue weighted by atomic mass is 9.81. The molecular weight excluding hydrogens is 178 g/mol. The molecule has 0 saturated carbocycles. The standard InChI is InChI=1S/C8H13NO.C3H8O/c1-2-8(7-10)3-5-9-6-4-8;1-3-4-2/h2,7,9H,1,3-6H2;3H2,1-2H3. The minimum Gasteiger partial charge on any atom is -0.385 e. The molecular formula is C11H21NO2. The van der Waals surface area contributed by atoms with Crippen LogP contribution in [0.2, 0.25) is 0 Å². The topological polar surface area (TPSA) is 38.3 Å². The van der Waals surface area contributed by atoms with Gasteiger partial charge in [-0.25, -0.2) is 0 Å². The third kappa shape index (κ3) is 4.53. The highest BCUT2D eigenvalue weighted by Crippen LogP contribution is 2.26.